The van der Waals surface area contributed by atoms with Crippen LogP contribution in [0.5, 0.6) is 0 Å². The summed E-state index contributed by atoms with van der Waals surface area (Å²) in [5, 5.41) is 3.34. The number of methoxy groups -OCH3 is 1. The molecule has 80 valence electrons. The van der Waals surface area contributed by atoms with Crippen LogP contribution in [0.25, 0.3) is 0 Å². The predicted octanol–water partition coefficient (Wildman–Crippen LogP) is 2.14. The number of aryl methyl sites for hydroxylation is 1. The molecule has 0 saturated carbocycles. The quantitative estimate of drug-likeness (QED) is 0.714. The lowest BCUT2D eigenvalue weighted by molar-refractivity contribution is 0.0600. The summed E-state index contributed by atoms with van der Waals surface area (Å²) < 4.78 is 4.74. The van der Waals surface area contributed by atoms with E-state index in [4.69, 9.17) is 4.74 Å². The van der Waals surface area contributed by atoms with Crippen LogP contribution in [-0.4, -0.2) is 19.6 Å². The first kappa shape index (κ1) is 10.0. The van der Waals surface area contributed by atoms with E-state index in [-0.39, 0.29) is 5.97 Å². The first-order valence-electron chi connectivity index (χ1n) is 5.18. The highest BCUT2D eigenvalue weighted by molar-refractivity contribution is 5.93. The predicted molar refractivity (Wildman–Crippen MR) is 59.3 cm³/mol. The van der Waals surface area contributed by atoms with E-state index < -0.39 is 0 Å². The lowest BCUT2D eigenvalue weighted by Crippen LogP contribution is -2.15. The van der Waals surface area contributed by atoms with Crippen molar-refractivity contribution in [1.29, 1.82) is 0 Å². The first-order valence-corrected chi connectivity index (χ1v) is 5.18. The van der Waals surface area contributed by atoms with Crippen molar-refractivity contribution in [3.05, 3.63) is 28.8 Å². The largest absolute Gasteiger partial charge is 0.465 e. The Labute approximate surface area is 89.4 Å². The Bertz CT molecular complexity index is 399. The summed E-state index contributed by atoms with van der Waals surface area (Å²) in [6.07, 6.45) is 2.24. The van der Waals surface area contributed by atoms with Gasteiger partial charge in [0.15, 0.2) is 0 Å². The molecule has 0 aromatic heterocycles. The summed E-state index contributed by atoms with van der Waals surface area (Å²) in [5.74, 6) is -0.261. The molecule has 15 heavy (non-hydrogen) atoms. The van der Waals surface area contributed by atoms with Gasteiger partial charge in [0.25, 0.3) is 0 Å². The van der Waals surface area contributed by atoms with Gasteiger partial charge in [-0.15, -0.1) is 0 Å². The molecule has 1 aliphatic rings. The van der Waals surface area contributed by atoms with Gasteiger partial charge in [0.1, 0.15) is 0 Å². The standard InChI is InChI=1S/C12H15NO2/c1-8-10(12(14)15-2)6-5-9-4-3-7-13-11(8)9/h5-6,13H,3-4,7H2,1-2H3. The minimum absolute atomic E-state index is 0.261. The zero-order chi connectivity index (χ0) is 10.8. The second kappa shape index (κ2) is 3.93. The number of hydrogen-bond acceptors (Lipinski definition) is 3. The number of anilines is 1. The van der Waals surface area contributed by atoms with Crippen LogP contribution in [0.3, 0.4) is 0 Å². The van der Waals surface area contributed by atoms with E-state index in [9.17, 15) is 4.79 Å². The highest BCUT2D eigenvalue weighted by atomic mass is 16.5. The van der Waals surface area contributed by atoms with Crippen molar-refractivity contribution >= 4 is 11.7 Å². The van der Waals surface area contributed by atoms with E-state index in [0.29, 0.717) is 5.56 Å². The van der Waals surface area contributed by atoms with Gasteiger partial charge < -0.3 is 10.1 Å². The van der Waals surface area contributed by atoms with Crippen LogP contribution in [0, 0.1) is 6.92 Å². The third-order valence-electron chi connectivity index (χ3n) is 2.88. The monoisotopic (exact) mass is 205 g/mol. The Morgan fingerprint density at radius 3 is 3.00 bits per heavy atom. The van der Waals surface area contributed by atoms with E-state index in [1.165, 1.54) is 12.7 Å². The van der Waals surface area contributed by atoms with Crippen molar-refractivity contribution in [2.75, 3.05) is 19.0 Å². The SMILES string of the molecule is COC(=O)c1ccc2c(c1C)NCCC2. The Morgan fingerprint density at radius 2 is 2.27 bits per heavy atom. The summed E-state index contributed by atoms with van der Waals surface area (Å²) in [6, 6.07) is 3.87. The van der Waals surface area contributed by atoms with Gasteiger partial charge in [0.05, 0.1) is 12.7 Å². The highest BCUT2D eigenvalue weighted by Gasteiger charge is 2.17. The Balaban J connectivity index is 2.47. The van der Waals surface area contributed by atoms with Gasteiger partial charge >= 0.3 is 5.97 Å². The maximum atomic E-state index is 11.5. The van der Waals surface area contributed by atoms with Crippen molar-refractivity contribution in [3.8, 4) is 0 Å². The van der Waals surface area contributed by atoms with E-state index >= 15 is 0 Å². The van der Waals surface area contributed by atoms with Crippen molar-refractivity contribution < 1.29 is 9.53 Å². The number of carbonyl (C=O) groups excluding carboxylic acids is 1. The summed E-state index contributed by atoms with van der Waals surface area (Å²) in [4.78, 5) is 11.5. The van der Waals surface area contributed by atoms with Crippen LogP contribution >= 0.6 is 0 Å². The summed E-state index contributed by atoms with van der Waals surface area (Å²) in [5.41, 5.74) is 4.07. The molecule has 0 amide bonds. The van der Waals surface area contributed by atoms with Gasteiger partial charge in [0.2, 0.25) is 0 Å². The number of carbonyl (C=O) groups is 1. The summed E-state index contributed by atoms with van der Waals surface area (Å²) >= 11 is 0. The van der Waals surface area contributed by atoms with Crippen molar-refractivity contribution in [2.45, 2.75) is 19.8 Å². The van der Waals surface area contributed by atoms with Crippen LogP contribution in [0.2, 0.25) is 0 Å². The van der Waals surface area contributed by atoms with Crippen LogP contribution in [0.1, 0.15) is 27.9 Å². The lowest BCUT2D eigenvalue weighted by Gasteiger charge is -2.21. The molecule has 0 radical (unpaired) electrons. The molecule has 0 fully saturated rings. The van der Waals surface area contributed by atoms with Gasteiger partial charge in [0, 0.05) is 12.2 Å². The van der Waals surface area contributed by atoms with Gasteiger partial charge in [-0.2, -0.15) is 0 Å². The fraction of sp³-hybridized carbons (Fsp3) is 0.417. The Morgan fingerprint density at radius 1 is 1.47 bits per heavy atom. The topological polar surface area (TPSA) is 38.3 Å². The van der Waals surface area contributed by atoms with Crippen LogP contribution in [0.15, 0.2) is 12.1 Å². The van der Waals surface area contributed by atoms with Gasteiger partial charge in [-0.1, -0.05) is 6.07 Å². The van der Waals surface area contributed by atoms with Crippen molar-refractivity contribution in [1.82, 2.24) is 0 Å². The smallest absolute Gasteiger partial charge is 0.338 e. The van der Waals surface area contributed by atoms with Gasteiger partial charge in [-0.25, -0.2) is 4.79 Å². The maximum Gasteiger partial charge on any atom is 0.338 e. The van der Waals surface area contributed by atoms with E-state index in [2.05, 4.69) is 5.32 Å². The number of hydrogen-bond donors (Lipinski definition) is 1. The molecule has 1 heterocycles. The number of esters is 1. The molecule has 1 aromatic rings. The average Bonchev–Trinajstić information content (AvgIpc) is 2.29. The molecule has 0 unspecified atom stereocenters. The molecule has 1 aromatic carbocycles. The molecule has 3 heteroatoms. The number of nitrogens with one attached hydrogen (secondary N) is 1. The third kappa shape index (κ3) is 1.69. The molecule has 0 bridgehead atoms. The summed E-state index contributed by atoms with van der Waals surface area (Å²) in [6.45, 7) is 2.95. The average molecular weight is 205 g/mol. The maximum absolute atomic E-state index is 11.5. The van der Waals surface area contributed by atoms with Crippen molar-refractivity contribution in [3.63, 3.8) is 0 Å². The molecular formula is C12H15NO2. The molecule has 1 N–H and O–H groups in total. The molecule has 3 nitrogen and oxygen atoms in total. The highest BCUT2D eigenvalue weighted by Crippen LogP contribution is 2.28. The van der Waals surface area contributed by atoms with Crippen LogP contribution in [-0.2, 0) is 11.2 Å². The fourth-order valence-corrected chi connectivity index (χ4v) is 2.05. The molecule has 0 saturated heterocycles. The lowest BCUT2D eigenvalue weighted by atomic mass is 9.96. The molecular weight excluding hydrogens is 190 g/mol. The van der Waals surface area contributed by atoms with Gasteiger partial charge in [-0.3, -0.25) is 0 Å². The van der Waals surface area contributed by atoms with Gasteiger partial charge in [-0.05, 0) is 37.0 Å². The number of benzene rings is 1. The molecule has 0 aliphatic carbocycles. The van der Waals surface area contributed by atoms with Crippen molar-refractivity contribution in [2.24, 2.45) is 0 Å². The Hall–Kier alpha value is -1.51. The molecule has 1 aliphatic heterocycles. The zero-order valence-corrected chi connectivity index (χ0v) is 9.09. The fourth-order valence-electron chi connectivity index (χ4n) is 2.05. The number of rotatable bonds is 1. The van der Waals surface area contributed by atoms with E-state index in [1.54, 1.807) is 0 Å². The second-order valence-electron chi connectivity index (χ2n) is 3.79. The van der Waals surface area contributed by atoms with E-state index in [1.807, 2.05) is 19.1 Å². The molecule has 2 rings (SSSR count). The van der Waals surface area contributed by atoms with E-state index in [0.717, 1.165) is 30.6 Å². The van der Waals surface area contributed by atoms with Crippen LogP contribution in [0.4, 0.5) is 5.69 Å². The minimum Gasteiger partial charge on any atom is -0.465 e. The number of fused-ring (bicyclic) bond motifs is 1. The first-order chi connectivity index (χ1) is 7.24. The Kier molecular flexibility index (Phi) is 2.62. The summed E-state index contributed by atoms with van der Waals surface area (Å²) in [7, 11) is 1.41. The number of ether oxygens (including phenoxy) is 1. The second-order valence-corrected chi connectivity index (χ2v) is 3.79. The molecule has 0 spiro atoms. The minimum atomic E-state index is -0.261. The molecule has 0 atom stereocenters. The van der Waals surface area contributed by atoms with Crippen LogP contribution < -0.4 is 5.32 Å². The normalized spacial score (nSPS) is 14.0. The third-order valence-corrected chi connectivity index (χ3v) is 2.88. The zero-order valence-electron chi connectivity index (χ0n) is 9.09.